The van der Waals surface area contributed by atoms with E-state index in [1.807, 2.05) is 26.0 Å². The molecule has 1 atom stereocenters. The summed E-state index contributed by atoms with van der Waals surface area (Å²) in [4.78, 5) is 24.3. The monoisotopic (exact) mass is 305 g/mol. The Morgan fingerprint density at radius 3 is 2.41 bits per heavy atom. The first-order chi connectivity index (χ1) is 10.3. The van der Waals surface area contributed by atoms with Crippen molar-refractivity contribution in [3.8, 4) is 5.75 Å². The number of carboxylic acid groups (broad SMARTS) is 1. The molecule has 0 heterocycles. The summed E-state index contributed by atoms with van der Waals surface area (Å²) in [5.41, 5.74) is 1.95. The van der Waals surface area contributed by atoms with E-state index in [9.17, 15) is 9.59 Å². The Hall–Kier alpha value is -2.30. The fraction of sp³-hybridized carbons (Fsp3) is 0.412. The van der Waals surface area contributed by atoms with Crippen LogP contribution in [0.1, 0.15) is 25.8 Å². The second-order valence-electron chi connectivity index (χ2n) is 5.58. The van der Waals surface area contributed by atoms with Crippen molar-refractivity contribution in [2.75, 3.05) is 13.7 Å². The van der Waals surface area contributed by atoms with Gasteiger partial charge in [0, 0.05) is 19.5 Å². The van der Waals surface area contributed by atoms with E-state index in [1.165, 1.54) is 0 Å². The van der Waals surface area contributed by atoms with Crippen LogP contribution in [-0.2, 0) is 16.1 Å². The van der Waals surface area contributed by atoms with Crippen molar-refractivity contribution >= 4 is 11.9 Å². The summed E-state index contributed by atoms with van der Waals surface area (Å²) in [6.07, 6.45) is 0.686. The Labute approximate surface area is 131 Å². The van der Waals surface area contributed by atoms with Crippen molar-refractivity contribution < 1.29 is 19.4 Å². The van der Waals surface area contributed by atoms with E-state index in [0.29, 0.717) is 18.7 Å². The molecule has 5 heteroatoms. The Bertz CT molecular complexity index is 536. The lowest BCUT2D eigenvalue weighted by atomic mass is 10.0. The van der Waals surface area contributed by atoms with Crippen molar-refractivity contribution in [3.05, 3.63) is 42.0 Å². The third-order valence-corrected chi connectivity index (χ3v) is 3.16. The molecule has 0 aliphatic rings. The van der Waals surface area contributed by atoms with Crippen LogP contribution in [0.4, 0.5) is 0 Å². The number of amides is 1. The predicted molar refractivity (Wildman–Crippen MR) is 84.6 cm³/mol. The Morgan fingerprint density at radius 1 is 1.32 bits per heavy atom. The van der Waals surface area contributed by atoms with Crippen LogP contribution in [0, 0.1) is 5.92 Å². The molecule has 0 aromatic heterocycles. The van der Waals surface area contributed by atoms with Crippen LogP contribution in [0.25, 0.3) is 0 Å². The average Bonchev–Trinajstić information content (AvgIpc) is 2.44. The lowest BCUT2D eigenvalue weighted by molar-refractivity contribution is -0.139. The molecule has 1 aromatic carbocycles. The van der Waals surface area contributed by atoms with Gasteiger partial charge in [0.1, 0.15) is 5.75 Å². The molecule has 22 heavy (non-hydrogen) atoms. The van der Waals surface area contributed by atoms with Crippen molar-refractivity contribution in [2.45, 2.75) is 26.8 Å². The van der Waals surface area contributed by atoms with Crippen LogP contribution in [-0.4, -0.2) is 35.5 Å². The van der Waals surface area contributed by atoms with Gasteiger partial charge >= 0.3 is 5.97 Å². The highest BCUT2D eigenvalue weighted by Gasteiger charge is 2.17. The maximum absolute atomic E-state index is 12.2. The largest absolute Gasteiger partial charge is 0.482 e. The minimum atomic E-state index is -1.01. The van der Waals surface area contributed by atoms with E-state index in [0.717, 1.165) is 11.1 Å². The molecule has 1 amide bonds. The summed E-state index contributed by atoms with van der Waals surface area (Å²) >= 11 is 0. The van der Waals surface area contributed by atoms with E-state index < -0.39 is 5.97 Å². The number of hydrogen-bond donors (Lipinski definition) is 1. The number of hydrogen-bond acceptors (Lipinski definition) is 3. The van der Waals surface area contributed by atoms with Gasteiger partial charge in [-0.25, -0.2) is 4.79 Å². The molecule has 0 aliphatic heterocycles. The number of nitrogens with zero attached hydrogens (tertiary/aromatic N) is 1. The van der Waals surface area contributed by atoms with E-state index in [1.54, 1.807) is 24.1 Å². The van der Waals surface area contributed by atoms with Gasteiger partial charge in [-0.15, -0.1) is 6.58 Å². The van der Waals surface area contributed by atoms with Gasteiger partial charge in [0.15, 0.2) is 6.61 Å². The molecule has 0 fully saturated rings. The number of aliphatic carboxylic acids is 1. The lowest BCUT2D eigenvalue weighted by Crippen LogP contribution is -2.31. The van der Waals surface area contributed by atoms with Gasteiger partial charge < -0.3 is 14.7 Å². The molecular formula is C17H23NO4. The van der Waals surface area contributed by atoms with Gasteiger partial charge in [-0.05, 0) is 31.0 Å². The van der Waals surface area contributed by atoms with Gasteiger partial charge in [-0.2, -0.15) is 0 Å². The highest BCUT2D eigenvalue weighted by atomic mass is 16.5. The Kier molecular flexibility index (Phi) is 6.63. The standard InChI is InChI=1S/C17H23NO4/c1-12(2)9-13(3)17(21)18(4)10-14-5-7-15(8-6-14)22-11-16(19)20/h5-8,13H,1,9-11H2,2-4H3,(H,19,20). The topological polar surface area (TPSA) is 66.8 Å². The minimum Gasteiger partial charge on any atom is -0.482 e. The molecular weight excluding hydrogens is 282 g/mol. The van der Waals surface area contributed by atoms with Crippen LogP contribution in [0.2, 0.25) is 0 Å². The third-order valence-electron chi connectivity index (χ3n) is 3.16. The molecule has 0 saturated carbocycles. The zero-order valence-corrected chi connectivity index (χ0v) is 13.3. The van der Waals surface area contributed by atoms with E-state index in [2.05, 4.69) is 6.58 Å². The van der Waals surface area contributed by atoms with Crippen LogP contribution in [0.5, 0.6) is 5.75 Å². The van der Waals surface area contributed by atoms with E-state index >= 15 is 0 Å². The second kappa shape index (κ2) is 8.22. The number of carboxylic acids is 1. The second-order valence-corrected chi connectivity index (χ2v) is 5.58. The molecule has 0 aliphatic carbocycles. The number of allylic oxidation sites excluding steroid dienone is 1. The third kappa shape index (κ3) is 5.99. The summed E-state index contributed by atoms with van der Waals surface area (Å²) in [6, 6.07) is 7.05. The molecule has 0 saturated heterocycles. The summed E-state index contributed by atoms with van der Waals surface area (Å²) < 4.78 is 5.07. The van der Waals surface area contributed by atoms with Gasteiger partial charge in [-0.1, -0.05) is 24.6 Å². The smallest absolute Gasteiger partial charge is 0.341 e. The summed E-state index contributed by atoms with van der Waals surface area (Å²) in [5, 5.41) is 8.55. The molecule has 0 spiro atoms. The fourth-order valence-corrected chi connectivity index (χ4v) is 2.17. The van der Waals surface area contributed by atoms with Gasteiger partial charge in [0.25, 0.3) is 0 Å². The quantitative estimate of drug-likeness (QED) is 0.750. The fourth-order valence-electron chi connectivity index (χ4n) is 2.17. The minimum absolute atomic E-state index is 0.0780. The Morgan fingerprint density at radius 2 is 1.91 bits per heavy atom. The predicted octanol–water partition coefficient (Wildman–Crippen LogP) is 2.71. The average molecular weight is 305 g/mol. The number of rotatable bonds is 8. The molecule has 1 unspecified atom stereocenters. The first kappa shape index (κ1) is 17.8. The SMILES string of the molecule is C=C(C)CC(C)C(=O)N(C)Cc1ccc(OCC(=O)O)cc1. The van der Waals surface area contributed by atoms with Crippen LogP contribution in [0.3, 0.4) is 0 Å². The number of carbonyl (C=O) groups is 2. The van der Waals surface area contributed by atoms with Crippen LogP contribution >= 0.6 is 0 Å². The summed E-state index contributed by atoms with van der Waals surface area (Å²) in [6.45, 7) is 7.78. The van der Waals surface area contributed by atoms with Crippen molar-refractivity contribution in [1.29, 1.82) is 0 Å². The number of ether oxygens (including phenoxy) is 1. The summed E-state index contributed by atoms with van der Waals surface area (Å²) in [7, 11) is 1.77. The molecule has 5 nitrogen and oxygen atoms in total. The zero-order valence-electron chi connectivity index (χ0n) is 13.3. The van der Waals surface area contributed by atoms with Gasteiger partial charge in [0.05, 0.1) is 0 Å². The highest BCUT2D eigenvalue weighted by Crippen LogP contribution is 2.16. The van der Waals surface area contributed by atoms with Crippen LogP contribution < -0.4 is 4.74 Å². The number of benzene rings is 1. The van der Waals surface area contributed by atoms with E-state index in [4.69, 9.17) is 9.84 Å². The molecule has 1 N–H and O–H groups in total. The van der Waals surface area contributed by atoms with Crippen molar-refractivity contribution in [2.24, 2.45) is 5.92 Å². The Balaban J connectivity index is 2.57. The maximum Gasteiger partial charge on any atom is 0.341 e. The normalized spacial score (nSPS) is 11.6. The number of carbonyl (C=O) groups excluding carboxylic acids is 1. The zero-order chi connectivity index (χ0) is 16.7. The van der Waals surface area contributed by atoms with Gasteiger partial charge in [-0.3, -0.25) is 4.79 Å². The maximum atomic E-state index is 12.2. The van der Waals surface area contributed by atoms with Crippen molar-refractivity contribution in [1.82, 2.24) is 4.90 Å². The molecule has 0 bridgehead atoms. The highest BCUT2D eigenvalue weighted by molar-refractivity contribution is 5.78. The molecule has 1 aromatic rings. The first-order valence-corrected chi connectivity index (χ1v) is 7.12. The molecule has 120 valence electrons. The summed E-state index contributed by atoms with van der Waals surface area (Å²) in [5.74, 6) is -0.522. The van der Waals surface area contributed by atoms with Crippen molar-refractivity contribution in [3.63, 3.8) is 0 Å². The molecule has 0 radical (unpaired) electrons. The van der Waals surface area contributed by atoms with E-state index in [-0.39, 0.29) is 18.4 Å². The van der Waals surface area contributed by atoms with Gasteiger partial charge in [0.2, 0.25) is 5.91 Å². The molecule has 1 rings (SSSR count). The first-order valence-electron chi connectivity index (χ1n) is 7.12. The lowest BCUT2D eigenvalue weighted by Gasteiger charge is -2.21. The van der Waals surface area contributed by atoms with Crippen LogP contribution in [0.15, 0.2) is 36.4 Å².